The zero-order valence-electron chi connectivity index (χ0n) is 18.7. The van der Waals surface area contributed by atoms with E-state index in [4.69, 9.17) is 39.9 Å². The normalized spacial score (nSPS) is 17.6. The van der Waals surface area contributed by atoms with E-state index in [1.54, 1.807) is 42.1 Å². The zero-order valence-corrected chi connectivity index (χ0v) is 22.6. The van der Waals surface area contributed by atoms with Crippen molar-refractivity contribution < 1.29 is 18.3 Å². The van der Waals surface area contributed by atoms with Gasteiger partial charge in [-0.3, -0.25) is 14.0 Å². The second-order valence-corrected chi connectivity index (χ2v) is 12.6. The van der Waals surface area contributed by atoms with Crippen LogP contribution in [-0.2, 0) is 14.8 Å². The van der Waals surface area contributed by atoms with Crippen LogP contribution in [0, 0.1) is 0 Å². The molecule has 3 rings (SSSR count). The Labute approximate surface area is 220 Å². The molecule has 34 heavy (non-hydrogen) atoms. The zero-order chi connectivity index (χ0) is 24.9. The molecule has 1 unspecified atom stereocenters. The number of carboxylic acid groups (broad SMARTS) is 1. The molecule has 0 spiro atoms. The summed E-state index contributed by atoms with van der Waals surface area (Å²) in [4.78, 5) is 13.3. The van der Waals surface area contributed by atoms with Gasteiger partial charge in [-0.15, -0.1) is 11.8 Å². The van der Waals surface area contributed by atoms with Gasteiger partial charge in [0.15, 0.2) is 0 Å². The molecule has 0 aliphatic carbocycles. The van der Waals surface area contributed by atoms with Gasteiger partial charge < -0.3 is 5.11 Å². The second-order valence-electron chi connectivity index (χ2n) is 8.29. The van der Waals surface area contributed by atoms with Gasteiger partial charge in [-0.2, -0.15) is 0 Å². The summed E-state index contributed by atoms with van der Waals surface area (Å²) in [6.07, 6.45) is 2.48. The van der Waals surface area contributed by atoms with E-state index in [9.17, 15) is 13.2 Å². The SMILES string of the molecule is CC(CCCCN1CS[C@H](CC(=O)O)C1)N(c1cc(Cl)ccc1Cl)S(=O)(=O)c1ccc(Cl)cc1. The minimum absolute atomic E-state index is 0.123. The standard InChI is InChI=1S/C23H27Cl3N2O4S2/c1-16(4-2-3-11-27-14-19(33-15-27)13-23(29)30)28(22-12-18(25)7-10-21(22)26)34(31,32)20-8-5-17(24)6-9-20/h5-10,12,16,19H,2-4,11,13-15H2,1H3,(H,29,30)/t16?,19-/m1/s1. The molecule has 2 aromatic carbocycles. The Bertz CT molecular complexity index is 1100. The lowest BCUT2D eigenvalue weighted by Crippen LogP contribution is -2.39. The lowest BCUT2D eigenvalue weighted by molar-refractivity contribution is -0.137. The number of aliphatic carboxylic acids is 1. The molecular formula is C23H27Cl3N2O4S2. The number of sulfonamides is 1. The number of rotatable bonds is 11. The number of benzene rings is 2. The number of hydrogen-bond acceptors (Lipinski definition) is 5. The van der Waals surface area contributed by atoms with Gasteiger partial charge in [0.1, 0.15) is 0 Å². The molecule has 0 saturated carbocycles. The van der Waals surface area contributed by atoms with Crippen molar-refractivity contribution in [1.29, 1.82) is 0 Å². The fourth-order valence-corrected chi connectivity index (χ4v) is 7.43. The molecule has 0 aromatic heterocycles. The summed E-state index contributed by atoms with van der Waals surface area (Å²) in [5.74, 6) is 0.0534. The van der Waals surface area contributed by atoms with E-state index in [0.29, 0.717) is 27.2 Å². The summed E-state index contributed by atoms with van der Waals surface area (Å²) in [7, 11) is -3.92. The van der Waals surface area contributed by atoms with Crippen LogP contribution in [0.3, 0.4) is 0 Å². The third kappa shape index (κ3) is 7.18. The molecule has 2 atom stereocenters. The number of halogens is 3. The highest BCUT2D eigenvalue weighted by atomic mass is 35.5. The highest BCUT2D eigenvalue weighted by Gasteiger charge is 2.31. The van der Waals surface area contributed by atoms with Crippen molar-refractivity contribution in [2.24, 2.45) is 0 Å². The molecule has 1 fully saturated rings. The quantitative estimate of drug-likeness (QED) is 0.325. The smallest absolute Gasteiger partial charge is 0.304 e. The van der Waals surface area contributed by atoms with E-state index in [1.807, 2.05) is 6.92 Å². The predicted molar refractivity (Wildman–Crippen MR) is 141 cm³/mol. The van der Waals surface area contributed by atoms with Gasteiger partial charge in [0.2, 0.25) is 0 Å². The molecule has 2 aromatic rings. The summed E-state index contributed by atoms with van der Waals surface area (Å²) >= 11 is 20.2. The minimum Gasteiger partial charge on any atom is -0.481 e. The molecule has 11 heteroatoms. The summed E-state index contributed by atoms with van der Waals surface area (Å²) in [5.41, 5.74) is 0.337. The largest absolute Gasteiger partial charge is 0.481 e. The minimum atomic E-state index is -3.92. The molecule has 0 amide bonds. The Balaban J connectivity index is 1.70. The van der Waals surface area contributed by atoms with Gasteiger partial charge >= 0.3 is 5.97 Å². The van der Waals surface area contributed by atoms with E-state index < -0.39 is 16.0 Å². The van der Waals surface area contributed by atoms with Gasteiger partial charge in [0.05, 0.1) is 22.0 Å². The first-order valence-electron chi connectivity index (χ1n) is 10.9. The highest BCUT2D eigenvalue weighted by molar-refractivity contribution is 8.00. The van der Waals surface area contributed by atoms with Crippen molar-refractivity contribution in [3.05, 3.63) is 57.5 Å². The van der Waals surface area contributed by atoms with Crippen LogP contribution >= 0.6 is 46.6 Å². The Morgan fingerprint density at radius 1 is 1.15 bits per heavy atom. The van der Waals surface area contributed by atoms with Gasteiger partial charge in [0, 0.05) is 33.8 Å². The lowest BCUT2D eigenvalue weighted by atomic mass is 10.1. The Kier molecular flexibility index (Phi) is 9.83. The topological polar surface area (TPSA) is 77.9 Å². The van der Waals surface area contributed by atoms with Gasteiger partial charge in [-0.1, -0.05) is 41.2 Å². The van der Waals surface area contributed by atoms with E-state index >= 15 is 0 Å². The van der Waals surface area contributed by atoms with E-state index in [0.717, 1.165) is 31.8 Å². The van der Waals surface area contributed by atoms with Crippen molar-refractivity contribution in [3.63, 3.8) is 0 Å². The molecule has 0 bridgehead atoms. The maximum Gasteiger partial charge on any atom is 0.304 e. The summed E-state index contributed by atoms with van der Waals surface area (Å²) in [5, 5.41) is 10.2. The molecule has 0 radical (unpaired) electrons. The first kappa shape index (κ1) is 27.4. The van der Waals surface area contributed by atoms with Gasteiger partial charge in [-0.05, 0) is 68.8 Å². The number of thioether (sulfide) groups is 1. The van der Waals surface area contributed by atoms with Crippen LogP contribution in [0.2, 0.25) is 15.1 Å². The molecule has 186 valence electrons. The van der Waals surface area contributed by atoms with Crippen molar-refractivity contribution in [2.75, 3.05) is 23.3 Å². The van der Waals surface area contributed by atoms with E-state index in [1.165, 1.54) is 16.4 Å². The van der Waals surface area contributed by atoms with Crippen LogP contribution < -0.4 is 4.31 Å². The molecule has 1 aliphatic rings. The Hall–Kier alpha value is -1.16. The number of carbonyl (C=O) groups is 1. The molecule has 1 N–H and O–H groups in total. The van der Waals surface area contributed by atoms with Crippen LogP contribution in [0.4, 0.5) is 5.69 Å². The van der Waals surface area contributed by atoms with Gasteiger partial charge in [-0.25, -0.2) is 8.42 Å². The molecule has 1 aliphatic heterocycles. The van der Waals surface area contributed by atoms with Gasteiger partial charge in [0.25, 0.3) is 10.0 Å². The monoisotopic (exact) mass is 564 g/mol. The summed E-state index contributed by atoms with van der Waals surface area (Å²) in [6, 6.07) is 10.5. The highest BCUT2D eigenvalue weighted by Crippen LogP contribution is 2.36. The third-order valence-corrected chi connectivity index (χ3v) is 9.67. The fourth-order valence-electron chi connectivity index (χ4n) is 3.95. The number of hydrogen-bond donors (Lipinski definition) is 1. The number of unbranched alkanes of at least 4 members (excludes halogenated alkanes) is 1. The average molecular weight is 566 g/mol. The summed E-state index contributed by atoms with van der Waals surface area (Å²) in [6.45, 7) is 3.47. The van der Waals surface area contributed by atoms with Crippen molar-refractivity contribution in [2.45, 2.75) is 48.8 Å². The summed E-state index contributed by atoms with van der Waals surface area (Å²) < 4.78 is 28.6. The van der Waals surface area contributed by atoms with E-state index in [2.05, 4.69) is 4.90 Å². The Morgan fingerprint density at radius 3 is 2.50 bits per heavy atom. The molecular weight excluding hydrogens is 539 g/mol. The first-order valence-corrected chi connectivity index (χ1v) is 14.5. The number of anilines is 1. The predicted octanol–water partition coefficient (Wildman–Crippen LogP) is 6.25. The van der Waals surface area contributed by atoms with E-state index in [-0.39, 0.29) is 22.6 Å². The fraction of sp³-hybridized carbons (Fsp3) is 0.435. The van der Waals surface area contributed by atoms with Crippen molar-refractivity contribution in [1.82, 2.24) is 4.90 Å². The molecule has 1 heterocycles. The second kappa shape index (κ2) is 12.2. The number of carboxylic acids is 1. The average Bonchev–Trinajstić information content (AvgIpc) is 3.20. The van der Waals surface area contributed by atoms with Crippen LogP contribution in [-0.4, -0.2) is 54.7 Å². The van der Waals surface area contributed by atoms with Crippen LogP contribution in [0.1, 0.15) is 32.6 Å². The van der Waals surface area contributed by atoms with Crippen molar-refractivity contribution in [3.8, 4) is 0 Å². The molecule has 6 nitrogen and oxygen atoms in total. The maximum absolute atomic E-state index is 13.6. The number of nitrogens with zero attached hydrogens (tertiary/aromatic N) is 2. The van der Waals surface area contributed by atoms with Crippen LogP contribution in [0.5, 0.6) is 0 Å². The first-order chi connectivity index (χ1) is 16.1. The van der Waals surface area contributed by atoms with Crippen LogP contribution in [0.25, 0.3) is 0 Å². The van der Waals surface area contributed by atoms with Crippen LogP contribution in [0.15, 0.2) is 47.4 Å². The molecule has 1 saturated heterocycles. The Morgan fingerprint density at radius 2 is 1.82 bits per heavy atom. The lowest BCUT2D eigenvalue weighted by Gasteiger charge is -2.31. The van der Waals surface area contributed by atoms with Crippen molar-refractivity contribution >= 4 is 68.2 Å². The maximum atomic E-state index is 13.6. The third-order valence-electron chi connectivity index (χ3n) is 5.62.